The Morgan fingerprint density at radius 3 is 3.00 bits per heavy atom. The first-order valence-corrected chi connectivity index (χ1v) is 5.44. The van der Waals surface area contributed by atoms with Crippen LogP contribution in [0.5, 0.6) is 0 Å². The van der Waals surface area contributed by atoms with Crippen LogP contribution in [-0.2, 0) is 0 Å². The van der Waals surface area contributed by atoms with Gasteiger partial charge in [-0.2, -0.15) is 0 Å². The number of nitrogens with zero attached hydrogens (tertiary/aromatic N) is 2. The molecule has 0 fully saturated rings. The summed E-state index contributed by atoms with van der Waals surface area (Å²) in [6.07, 6.45) is 4.09. The van der Waals surface area contributed by atoms with Crippen LogP contribution >= 0.6 is 0 Å². The molecule has 2 N–H and O–H groups in total. The molecule has 0 amide bonds. The first-order valence-electron chi connectivity index (χ1n) is 5.44. The lowest BCUT2D eigenvalue weighted by molar-refractivity contribution is 0.503. The zero-order valence-corrected chi connectivity index (χ0v) is 9.06. The maximum atomic E-state index is 5.52. The third-order valence-electron chi connectivity index (χ3n) is 2.78. The van der Waals surface area contributed by atoms with E-state index in [1.54, 1.807) is 0 Å². The summed E-state index contributed by atoms with van der Waals surface area (Å²) >= 11 is 0. The summed E-state index contributed by atoms with van der Waals surface area (Å²) in [6.45, 7) is 2.97. The van der Waals surface area contributed by atoms with Gasteiger partial charge in [0.1, 0.15) is 0 Å². The predicted molar refractivity (Wildman–Crippen MR) is 62.7 cm³/mol. The maximum absolute atomic E-state index is 5.52. The second-order valence-corrected chi connectivity index (χ2v) is 3.92. The highest BCUT2D eigenvalue weighted by Crippen LogP contribution is 2.19. The van der Waals surface area contributed by atoms with Gasteiger partial charge in [0.15, 0.2) is 0 Å². The van der Waals surface area contributed by atoms with Crippen LogP contribution in [-0.4, -0.2) is 16.1 Å². The van der Waals surface area contributed by atoms with Crippen molar-refractivity contribution >= 4 is 11.0 Å². The highest BCUT2D eigenvalue weighted by Gasteiger charge is 2.07. The molecule has 1 unspecified atom stereocenters. The minimum absolute atomic E-state index is 0.473. The molecule has 0 spiro atoms. The van der Waals surface area contributed by atoms with Crippen molar-refractivity contribution < 1.29 is 0 Å². The molecule has 3 heteroatoms. The van der Waals surface area contributed by atoms with Gasteiger partial charge in [-0.1, -0.05) is 12.1 Å². The van der Waals surface area contributed by atoms with Crippen molar-refractivity contribution in [3.63, 3.8) is 0 Å². The van der Waals surface area contributed by atoms with Crippen molar-refractivity contribution in [2.45, 2.75) is 25.8 Å². The van der Waals surface area contributed by atoms with Crippen molar-refractivity contribution in [2.24, 2.45) is 5.73 Å². The Labute approximate surface area is 89.9 Å². The number of benzene rings is 1. The van der Waals surface area contributed by atoms with E-state index in [0.717, 1.165) is 24.9 Å². The minimum Gasteiger partial charge on any atom is -0.330 e. The first kappa shape index (κ1) is 10.2. The van der Waals surface area contributed by atoms with Crippen LogP contribution in [0.3, 0.4) is 0 Å². The van der Waals surface area contributed by atoms with Gasteiger partial charge < -0.3 is 10.3 Å². The maximum Gasteiger partial charge on any atom is 0.0960 e. The van der Waals surface area contributed by atoms with Gasteiger partial charge in [0.05, 0.1) is 17.4 Å². The molecular formula is C12H17N3. The van der Waals surface area contributed by atoms with Crippen molar-refractivity contribution in [3.8, 4) is 0 Å². The molecule has 0 saturated heterocycles. The van der Waals surface area contributed by atoms with Gasteiger partial charge in [-0.25, -0.2) is 4.98 Å². The number of hydrogen-bond donors (Lipinski definition) is 1. The summed E-state index contributed by atoms with van der Waals surface area (Å²) in [5, 5.41) is 0. The molecule has 0 aliphatic heterocycles. The molecule has 3 nitrogen and oxygen atoms in total. The number of aromatic nitrogens is 2. The molecule has 1 atom stereocenters. The molecule has 0 saturated carbocycles. The van der Waals surface area contributed by atoms with E-state index in [4.69, 9.17) is 5.73 Å². The molecule has 2 aromatic rings. The van der Waals surface area contributed by atoms with E-state index in [2.05, 4.69) is 28.6 Å². The Bertz CT molecular complexity index is 433. The fourth-order valence-corrected chi connectivity index (χ4v) is 1.88. The summed E-state index contributed by atoms with van der Waals surface area (Å²) in [5.74, 6) is 0. The van der Waals surface area contributed by atoms with Crippen LogP contribution < -0.4 is 5.73 Å². The second-order valence-electron chi connectivity index (χ2n) is 3.92. The van der Waals surface area contributed by atoms with E-state index in [-0.39, 0.29) is 0 Å². The fraction of sp³-hybridized carbons (Fsp3) is 0.417. The standard InChI is InChI=1S/C12H17N3/c1-10(5-4-8-13)15-9-14-11-6-2-3-7-12(11)15/h2-3,6-7,9-10H,4-5,8,13H2,1H3. The smallest absolute Gasteiger partial charge is 0.0960 e. The van der Waals surface area contributed by atoms with Crippen LogP contribution in [0.1, 0.15) is 25.8 Å². The molecule has 1 aromatic heterocycles. The van der Waals surface area contributed by atoms with E-state index in [9.17, 15) is 0 Å². The van der Waals surface area contributed by atoms with Crippen molar-refractivity contribution in [3.05, 3.63) is 30.6 Å². The number of imidazole rings is 1. The Hall–Kier alpha value is -1.35. The van der Waals surface area contributed by atoms with Gasteiger partial charge >= 0.3 is 0 Å². The highest BCUT2D eigenvalue weighted by atomic mass is 15.1. The molecule has 0 aliphatic rings. The Kier molecular flexibility index (Phi) is 3.02. The van der Waals surface area contributed by atoms with E-state index < -0.39 is 0 Å². The zero-order chi connectivity index (χ0) is 10.7. The lowest BCUT2D eigenvalue weighted by Crippen LogP contribution is -2.07. The largest absolute Gasteiger partial charge is 0.330 e. The van der Waals surface area contributed by atoms with Gasteiger partial charge in [0, 0.05) is 6.04 Å². The average molecular weight is 203 g/mol. The summed E-state index contributed by atoms with van der Waals surface area (Å²) in [7, 11) is 0. The summed E-state index contributed by atoms with van der Waals surface area (Å²) in [4.78, 5) is 4.38. The van der Waals surface area contributed by atoms with Crippen LogP contribution in [0.4, 0.5) is 0 Å². The molecule has 15 heavy (non-hydrogen) atoms. The average Bonchev–Trinajstić information content (AvgIpc) is 2.69. The topological polar surface area (TPSA) is 43.8 Å². The lowest BCUT2D eigenvalue weighted by atomic mass is 10.2. The van der Waals surface area contributed by atoms with Crippen molar-refractivity contribution in [2.75, 3.05) is 6.54 Å². The van der Waals surface area contributed by atoms with E-state index in [1.165, 1.54) is 5.52 Å². The third-order valence-corrected chi connectivity index (χ3v) is 2.78. The number of para-hydroxylation sites is 2. The number of hydrogen-bond acceptors (Lipinski definition) is 2. The monoisotopic (exact) mass is 203 g/mol. The minimum atomic E-state index is 0.473. The molecule has 1 aromatic carbocycles. The van der Waals surface area contributed by atoms with E-state index in [1.807, 2.05) is 18.5 Å². The van der Waals surface area contributed by atoms with Crippen LogP contribution in [0, 0.1) is 0 Å². The van der Waals surface area contributed by atoms with Crippen LogP contribution in [0.2, 0.25) is 0 Å². The van der Waals surface area contributed by atoms with Crippen molar-refractivity contribution in [1.29, 1.82) is 0 Å². The summed E-state index contributed by atoms with van der Waals surface area (Å²) in [6, 6.07) is 8.70. The summed E-state index contributed by atoms with van der Waals surface area (Å²) < 4.78 is 2.23. The van der Waals surface area contributed by atoms with Crippen molar-refractivity contribution in [1.82, 2.24) is 9.55 Å². The van der Waals surface area contributed by atoms with E-state index >= 15 is 0 Å². The van der Waals surface area contributed by atoms with E-state index in [0.29, 0.717) is 6.04 Å². The van der Waals surface area contributed by atoms with Crippen LogP contribution in [0.15, 0.2) is 30.6 Å². The molecule has 2 rings (SSSR count). The van der Waals surface area contributed by atoms with Gasteiger partial charge in [-0.05, 0) is 38.4 Å². The molecule has 80 valence electrons. The molecule has 0 bridgehead atoms. The Balaban J connectivity index is 2.27. The number of nitrogens with two attached hydrogens (primary N) is 1. The Morgan fingerprint density at radius 2 is 2.20 bits per heavy atom. The molecular weight excluding hydrogens is 186 g/mol. The first-order chi connectivity index (χ1) is 7.33. The SMILES string of the molecule is CC(CCCN)n1cnc2ccccc21. The quantitative estimate of drug-likeness (QED) is 0.828. The molecule has 1 heterocycles. The predicted octanol–water partition coefficient (Wildman–Crippen LogP) is 2.34. The molecule has 0 radical (unpaired) electrons. The van der Waals surface area contributed by atoms with Gasteiger partial charge in [-0.15, -0.1) is 0 Å². The lowest BCUT2D eigenvalue weighted by Gasteiger charge is -2.13. The third kappa shape index (κ3) is 2.02. The Morgan fingerprint density at radius 1 is 1.40 bits per heavy atom. The summed E-state index contributed by atoms with van der Waals surface area (Å²) in [5.41, 5.74) is 7.79. The number of fused-ring (bicyclic) bond motifs is 1. The fourth-order valence-electron chi connectivity index (χ4n) is 1.88. The van der Waals surface area contributed by atoms with Gasteiger partial charge in [-0.3, -0.25) is 0 Å². The highest BCUT2D eigenvalue weighted by molar-refractivity contribution is 5.75. The van der Waals surface area contributed by atoms with Gasteiger partial charge in [0.2, 0.25) is 0 Å². The van der Waals surface area contributed by atoms with Gasteiger partial charge in [0.25, 0.3) is 0 Å². The second kappa shape index (κ2) is 4.45. The number of rotatable bonds is 4. The normalized spacial score (nSPS) is 13.2. The molecule has 0 aliphatic carbocycles. The van der Waals surface area contributed by atoms with Crippen LogP contribution in [0.25, 0.3) is 11.0 Å². The zero-order valence-electron chi connectivity index (χ0n) is 9.06.